The maximum absolute atomic E-state index is 13.4. The summed E-state index contributed by atoms with van der Waals surface area (Å²) >= 11 is 0. The fraction of sp³-hybridized carbons (Fsp3) is 0.292. The fourth-order valence-corrected chi connectivity index (χ4v) is 5.77. The second-order valence-electron chi connectivity index (χ2n) is 8.27. The van der Waals surface area contributed by atoms with E-state index in [-0.39, 0.29) is 10.9 Å². The molecule has 1 aliphatic rings. The number of para-hydroxylation sites is 1. The Labute approximate surface area is 192 Å². The molecule has 1 atom stereocenters. The van der Waals surface area contributed by atoms with Crippen LogP contribution in [0, 0.1) is 6.92 Å². The van der Waals surface area contributed by atoms with Crippen LogP contribution in [0.1, 0.15) is 24.4 Å². The van der Waals surface area contributed by atoms with Gasteiger partial charge in [0, 0.05) is 43.3 Å². The van der Waals surface area contributed by atoms with Crippen molar-refractivity contribution in [3.8, 4) is 11.5 Å². The smallest absolute Gasteiger partial charge is 0.247 e. The van der Waals surface area contributed by atoms with E-state index in [9.17, 15) is 8.42 Å². The van der Waals surface area contributed by atoms with Crippen molar-refractivity contribution in [2.24, 2.45) is 0 Å². The van der Waals surface area contributed by atoms with Crippen molar-refractivity contribution in [1.82, 2.24) is 24.4 Å². The van der Waals surface area contributed by atoms with Gasteiger partial charge < -0.3 is 4.42 Å². The maximum atomic E-state index is 13.4. The Balaban J connectivity index is 1.31. The van der Waals surface area contributed by atoms with E-state index >= 15 is 0 Å². The van der Waals surface area contributed by atoms with Gasteiger partial charge in [-0.15, -0.1) is 10.2 Å². The molecule has 5 rings (SSSR count). The van der Waals surface area contributed by atoms with E-state index < -0.39 is 10.0 Å². The van der Waals surface area contributed by atoms with Crippen LogP contribution in [-0.4, -0.2) is 59.0 Å². The molecule has 2 aromatic heterocycles. The van der Waals surface area contributed by atoms with E-state index in [2.05, 4.69) is 20.1 Å². The number of benzene rings is 2. The Morgan fingerprint density at radius 3 is 2.48 bits per heavy atom. The van der Waals surface area contributed by atoms with Crippen LogP contribution in [0.15, 0.2) is 70.1 Å². The monoisotopic (exact) mass is 463 g/mol. The molecule has 0 spiro atoms. The lowest BCUT2D eigenvalue weighted by Gasteiger charge is -2.36. The molecule has 1 saturated heterocycles. The summed E-state index contributed by atoms with van der Waals surface area (Å²) < 4.78 is 34.3. The van der Waals surface area contributed by atoms with Crippen LogP contribution in [-0.2, 0) is 10.0 Å². The van der Waals surface area contributed by atoms with Crippen LogP contribution in [0.25, 0.3) is 22.4 Å². The average molecular weight is 464 g/mol. The third-order valence-corrected chi connectivity index (χ3v) is 8.00. The third kappa shape index (κ3) is 4.15. The van der Waals surface area contributed by atoms with Crippen LogP contribution < -0.4 is 0 Å². The van der Waals surface area contributed by atoms with E-state index in [1.54, 1.807) is 18.3 Å². The molecule has 1 aliphatic heterocycles. The van der Waals surface area contributed by atoms with Gasteiger partial charge in [0.05, 0.1) is 11.6 Å². The number of aromatic nitrogens is 3. The number of aryl methyl sites for hydroxylation is 1. The number of pyridine rings is 1. The SMILES string of the molecule is Cc1cnc2c(S(=O)(=O)N3CCN(C(C)c4nnc(-c5ccccc5)o4)CC3)cccc2c1. The number of hydrogen-bond donors (Lipinski definition) is 0. The van der Waals surface area contributed by atoms with Crippen LogP contribution >= 0.6 is 0 Å². The zero-order chi connectivity index (χ0) is 23.0. The molecule has 8 nitrogen and oxygen atoms in total. The zero-order valence-electron chi connectivity index (χ0n) is 18.5. The van der Waals surface area contributed by atoms with E-state index in [1.807, 2.05) is 56.3 Å². The summed E-state index contributed by atoms with van der Waals surface area (Å²) in [5.41, 5.74) is 2.38. The van der Waals surface area contributed by atoms with Gasteiger partial charge in [0.1, 0.15) is 4.90 Å². The Bertz CT molecular complexity index is 1380. The summed E-state index contributed by atoms with van der Waals surface area (Å²) in [6.45, 7) is 5.86. The number of nitrogens with zero attached hydrogens (tertiary/aromatic N) is 5. The van der Waals surface area contributed by atoms with Gasteiger partial charge in [-0.3, -0.25) is 9.88 Å². The number of sulfonamides is 1. The lowest BCUT2D eigenvalue weighted by molar-refractivity contribution is 0.129. The second-order valence-corrected chi connectivity index (χ2v) is 10.2. The van der Waals surface area contributed by atoms with Gasteiger partial charge >= 0.3 is 0 Å². The molecule has 0 aliphatic carbocycles. The van der Waals surface area contributed by atoms with Gasteiger partial charge in [-0.05, 0) is 43.7 Å². The molecule has 2 aromatic carbocycles. The molecular formula is C24H25N5O3S. The molecule has 170 valence electrons. The molecule has 1 unspecified atom stereocenters. The Morgan fingerprint density at radius 2 is 1.73 bits per heavy atom. The maximum Gasteiger partial charge on any atom is 0.247 e. The molecule has 0 amide bonds. The van der Waals surface area contributed by atoms with Crippen molar-refractivity contribution in [3.63, 3.8) is 0 Å². The van der Waals surface area contributed by atoms with Gasteiger partial charge in [0.15, 0.2) is 0 Å². The minimum Gasteiger partial charge on any atom is -0.419 e. The topological polar surface area (TPSA) is 92.4 Å². The molecule has 0 radical (unpaired) electrons. The highest BCUT2D eigenvalue weighted by Gasteiger charge is 2.33. The van der Waals surface area contributed by atoms with Crippen molar-refractivity contribution >= 4 is 20.9 Å². The predicted molar refractivity (Wildman–Crippen MR) is 125 cm³/mol. The quantitative estimate of drug-likeness (QED) is 0.446. The van der Waals surface area contributed by atoms with Gasteiger partial charge in [0.2, 0.25) is 21.8 Å². The molecule has 4 aromatic rings. The highest BCUT2D eigenvalue weighted by atomic mass is 32.2. The van der Waals surface area contributed by atoms with Crippen LogP contribution in [0.4, 0.5) is 0 Å². The molecule has 33 heavy (non-hydrogen) atoms. The summed E-state index contributed by atoms with van der Waals surface area (Å²) in [6, 6.07) is 16.8. The first-order chi connectivity index (χ1) is 15.9. The molecule has 0 N–H and O–H groups in total. The normalized spacial score (nSPS) is 16.8. The van der Waals surface area contributed by atoms with Crippen molar-refractivity contribution < 1.29 is 12.8 Å². The number of rotatable bonds is 5. The van der Waals surface area contributed by atoms with Gasteiger partial charge in [0.25, 0.3) is 0 Å². The van der Waals surface area contributed by atoms with E-state index in [0.29, 0.717) is 43.5 Å². The Morgan fingerprint density at radius 1 is 0.970 bits per heavy atom. The van der Waals surface area contributed by atoms with E-state index in [4.69, 9.17) is 4.42 Å². The molecule has 9 heteroatoms. The average Bonchev–Trinajstić information content (AvgIpc) is 3.34. The van der Waals surface area contributed by atoms with Crippen molar-refractivity contribution in [3.05, 3.63) is 72.2 Å². The number of piperazine rings is 1. The highest BCUT2D eigenvalue weighted by Crippen LogP contribution is 2.28. The number of fused-ring (bicyclic) bond motifs is 1. The third-order valence-electron chi connectivity index (χ3n) is 6.07. The van der Waals surface area contributed by atoms with E-state index in [1.165, 1.54) is 4.31 Å². The summed E-state index contributed by atoms with van der Waals surface area (Å²) in [6.07, 6.45) is 1.70. The molecule has 3 heterocycles. The summed E-state index contributed by atoms with van der Waals surface area (Å²) in [5.74, 6) is 1.01. The van der Waals surface area contributed by atoms with Crippen molar-refractivity contribution in [2.45, 2.75) is 24.8 Å². The highest BCUT2D eigenvalue weighted by molar-refractivity contribution is 7.89. The predicted octanol–water partition coefficient (Wildman–Crippen LogP) is 3.66. The lowest BCUT2D eigenvalue weighted by atomic mass is 10.2. The van der Waals surface area contributed by atoms with Crippen molar-refractivity contribution in [1.29, 1.82) is 0 Å². The minimum absolute atomic E-state index is 0.109. The molecule has 0 saturated carbocycles. The molecular weight excluding hydrogens is 438 g/mol. The summed E-state index contributed by atoms with van der Waals surface area (Å²) in [4.78, 5) is 6.83. The van der Waals surface area contributed by atoms with Gasteiger partial charge in [-0.25, -0.2) is 8.42 Å². The molecule has 1 fully saturated rings. The van der Waals surface area contributed by atoms with Gasteiger partial charge in [-0.1, -0.05) is 30.3 Å². The first kappa shape index (κ1) is 21.7. The first-order valence-corrected chi connectivity index (χ1v) is 12.4. The minimum atomic E-state index is -3.65. The standard InChI is InChI=1S/C24H25N5O3S/c1-17-15-20-9-6-10-21(22(20)25-16-17)33(30,31)29-13-11-28(12-14-29)18(2)23-26-27-24(32-23)19-7-4-3-5-8-19/h3-10,15-16,18H,11-14H2,1-2H3. The van der Waals surface area contributed by atoms with Crippen LogP contribution in [0.3, 0.4) is 0 Å². The van der Waals surface area contributed by atoms with Crippen LogP contribution in [0.2, 0.25) is 0 Å². The lowest BCUT2D eigenvalue weighted by Crippen LogP contribution is -2.49. The van der Waals surface area contributed by atoms with E-state index in [0.717, 1.165) is 16.5 Å². The zero-order valence-corrected chi connectivity index (χ0v) is 19.4. The summed E-state index contributed by atoms with van der Waals surface area (Å²) in [5, 5.41) is 9.23. The fourth-order valence-electron chi connectivity index (χ4n) is 4.18. The summed E-state index contributed by atoms with van der Waals surface area (Å²) in [7, 11) is -3.65. The van der Waals surface area contributed by atoms with Crippen LogP contribution in [0.5, 0.6) is 0 Å². The largest absolute Gasteiger partial charge is 0.419 e. The first-order valence-electron chi connectivity index (χ1n) is 10.9. The number of hydrogen-bond acceptors (Lipinski definition) is 7. The van der Waals surface area contributed by atoms with Gasteiger partial charge in [-0.2, -0.15) is 4.31 Å². The Kier molecular flexibility index (Phi) is 5.69. The second kappa shape index (κ2) is 8.66. The van der Waals surface area contributed by atoms with Crippen molar-refractivity contribution in [2.75, 3.05) is 26.2 Å². The molecule has 0 bridgehead atoms. The Hall–Kier alpha value is -3.14.